The molecule has 2 heterocycles. The summed E-state index contributed by atoms with van der Waals surface area (Å²) in [4.78, 5) is 26.2. The van der Waals surface area contributed by atoms with Crippen molar-refractivity contribution in [3.05, 3.63) is 62.6 Å². The minimum atomic E-state index is -0.569. The van der Waals surface area contributed by atoms with Gasteiger partial charge >= 0.3 is 0 Å². The first kappa shape index (κ1) is 26.6. The van der Waals surface area contributed by atoms with Crippen LogP contribution in [0.5, 0.6) is 40.4 Å². The van der Waals surface area contributed by atoms with Crippen molar-refractivity contribution in [1.29, 1.82) is 0 Å². The molecule has 0 aliphatic rings. The van der Waals surface area contributed by atoms with Gasteiger partial charge in [0.05, 0.1) is 50.8 Å². The van der Waals surface area contributed by atoms with Gasteiger partial charge in [-0.3, -0.25) is 9.59 Å². The summed E-state index contributed by atoms with van der Waals surface area (Å²) in [5.41, 5.74) is -0.999. The van der Waals surface area contributed by atoms with Gasteiger partial charge in [-0.25, -0.2) is 0 Å². The molecule has 0 spiro atoms. The summed E-state index contributed by atoms with van der Waals surface area (Å²) in [7, 11) is 5.52. The maximum atomic E-state index is 13.3. The third-order valence-corrected chi connectivity index (χ3v) is 7.22. The van der Waals surface area contributed by atoms with Gasteiger partial charge in [-0.1, -0.05) is 0 Å². The van der Waals surface area contributed by atoms with Crippen LogP contribution < -0.4 is 29.8 Å². The smallest absolute Gasteiger partial charge is 0.288 e. The van der Waals surface area contributed by atoms with Crippen LogP contribution in [0.1, 0.15) is 5.76 Å². The number of aryl methyl sites for hydroxylation is 1. The van der Waals surface area contributed by atoms with Gasteiger partial charge in [-0.2, -0.15) is 0 Å². The second-order valence-corrected chi connectivity index (χ2v) is 9.54. The Morgan fingerprint density at radius 1 is 0.643 bits per heavy atom. The largest absolute Gasteiger partial charge is 0.507 e. The molecule has 2 aromatic heterocycles. The van der Waals surface area contributed by atoms with Crippen molar-refractivity contribution < 1.29 is 43.1 Å². The lowest BCUT2D eigenvalue weighted by atomic mass is 9.90. The SMILES string of the molecule is COc1cc(OC)c2c(O)c3c(=O)cc(C)oc3c(-c3c(O)cc4cc(O)c5c(=O)cc(OC)oc5c4c3OC)c2c1. The molecular weight excluding hydrogens is 548 g/mol. The summed E-state index contributed by atoms with van der Waals surface area (Å²) in [6, 6.07) is 8.12. The summed E-state index contributed by atoms with van der Waals surface area (Å²) >= 11 is 0. The van der Waals surface area contributed by atoms with Crippen LogP contribution in [0.3, 0.4) is 0 Å². The molecule has 214 valence electrons. The maximum absolute atomic E-state index is 13.3. The monoisotopic (exact) mass is 572 g/mol. The van der Waals surface area contributed by atoms with Crippen molar-refractivity contribution >= 4 is 43.5 Å². The van der Waals surface area contributed by atoms with E-state index in [1.54, 1.807) is 19.1 Å². The van der Waals surface area contributed by atoms with E-state index in [0.29, 0.717) is 11.1 Å². The molecule has 0 aliphatic heterocycles. The number of benzene rings is 4. The highest BCUT2D eigenvalue weighted by Crippen LogP contribution is 2.54. The van der Waals surface area contributed by atoms with Crippen LogP contribution in [0.15, 0.2) is 54.8 Å². The lowest BCUT2D eigenvalue weighted by Gasteiger charge is -2.20. The van der Waals surface area contributed by atoms with E-state index in [2.05, 4.69) is 0 Å². The molecule has 0 unspecified atom stereocenters. The molecule has 4 aromatic carbocycles. The lowest BCUT2D eigenvalue weighted by molar-refractivity contribution is 0.310. The van der Waals surface area contributed by atoms with Gasteiger partial charge < -0.3 is 43.1 Å². The first-order valence-corrected chi connectivity index (χ1v) is 12.6. The summed E-state index contributed by atoms with van der Waals surface area (Å²) in [5.74, 6) is -0.411. The Morgan fingerprint density at radius 3 is 2.02 bits per heavy atom. The van der Waals surface area contributed by atoms with E-state index < -0.39 is 10.9 Å². The summed E-state index contributed by atoms with van der Waals surface area (Å²) in [6.45, 7) is 1.58. The van der Waals surface area contributed by atoms with Crippen LogP contribution in [0.4, 0.5) is 0 Å². The Hall–Kier alpha value is -5.58. The number of phenolic OH excluding ortho intramolecular Hbond substituents is 3. The van der Waals surface area contributed by atoms with Crippen LogP contribution in [0, 0.1) is 6.92 Å². The first-order valence-electron chi connectivity index (χ1n) is 12.6. The van der Waals surface area contributed by atoms with Crippen molar-refractivity contribution in [2.75, 3.05) is 28.4 Å². The van der Waals surface area contributed by atoms with E-state index in [0.717, 1.165) is 6.07 Å². The molecule has 0 aliphatic carbocycles. The molecular formula is C31H24O11. The van der Waals surface area contributed by atoms with Crippen molar-refractivity contribution in [3.8, 4) is 51.6 Å². The van der Waals surface area contributed by atoms with Crippen molar-refractivity contribution in [2.24, 2.45) is 0 Å². The van der Waals surface area contributed by atoms with E-state index in [4.69, 9.17) is 27.8 Å². The van der Waals surface area contributed by atoms with Crippen molar-refractivity contribution in [1.82, 2.24) is 0 Å². The van der Waals surface area contributed by atoms with Gasteiger partial charge in [0.25, 0.3) is 5.95 Å². The number of fused-ring (bicyclic) bond motifs is 5. The highest BCUT2D eigenvalue weighted by molar-refractivity contribution is 6.21. The van der Waals surface area contributed by atoms with E-state index >= 15 is 0 Å². The molecule has 6 aromatic rings. The number of rotatable bonds is 5. The third kappa shape index (κ3) is 3.66. The number of methoxy groups -OCH3 is 4. The van der Waals surface area contributed by atoms with Gasteiger partial charge in [0.15, 0.2) is 22.0 Å². The molecule has 11 heteroatoms. The topological polar surface area (TPSA) is 158 Å². The molecule has 0 radical (unpaired) electrons. The normalized spacial score (nSPS) is 11.5. The molecule has 42 heavy (non-hydrogen) atoms. The van der Waals surface area contributed by atoms with Gasteiger partial charge in [0, 0.05) is 23.1 Å². The van der Waals surface area contributed by atoms with Crippen LogP contribution in [-0.4, -0.2) is 43.8 Å². The van der Waals surface area contributed by atoms with Gasteiger partial charge in [0.2, 0.25) is 0 Å². The lowest BCUT2D eigenvalue weighted by Crippen LogP contribution is -2.04. The van der Waals surface area contributed by atoms with Gasteiger partial charge in [-0.15, -0.1) is 0 Å². The highest BCUT2D eigenvalue weighted by Gasteiger charge is 2.29. The Bertz CT molecular complexity index is 2220. The molecule has 0 fully saturated rings. The Balaban J connectivity index is 1.95. The fourth-order valence-corrected chi connectivity index (χ4v) is 5.49. The van der Waals surface area contributed by atoms with Crippen molar-refractivity contribution in [3.63, 3.8) is 0 Å². The number of phenols is 3. The quantitative estimate of drug-likeness (QED) is 0.181. The molecule has 6 rings (SSSR count). The molecule has 0 saturated heterocycles. The fraction of sp³-hybridized carbons (Fsp3) is 0.161. The highest BCUT2D eigenvalue weighted by atomic mass is 16.6. The Kier molecular flexibility index (Phi) is 6.03. The standard InChI is InChI=1S/C31H24O11/c1-12-6-16(32)27-28(36)23-15(9-14(37-2)10-20(23)38-3)24(31(27)41-12)26-18(34)8-13-7-17(33)25-19(35)11-21(39-4)42-30(25)22(13)29(26)40-5/h6-11,33-34,36H,1-5H3. The average molecular weight is 573 g/mol. The van der Waals surface area contributed by atoms with Gasteiger partial charge in [-0.05, 0) is 30.5 Å². The third-order valence-electron chi connectivity index (χ3n) is 7.22. The van der Waals surface area contributed by atoms with E-state index in [-0.39, 0.29) is 89.7 Å². The first-order chi connectivity index (χ1) is 20.1. The zero-order chi connectivity index (χ0) is 30.0. The minimum absolute atomic E-state index is 0.0191. The maximum Gasteiger partial charge on any atom is 0.288 e. The zero-order valence-electron chi connectivity index (χ0n) is 23.1. The zero-order valence-corrected chi connectivity index (χ0v) is 23.1. The van der Waals surface area contributed by atoms with Crippen LogP contribution >= 0.6 is 0 Å². The molecule has 0 atom stereocenters. The van der Waals surface area contributed by atoms with Crippen LogP contribution in [0.25, 0.3) is 54.6 Å². The Morgan fingerprint density at radius 2 is 1.36 bits per heavy atom. The summed E-state index contributed by atoms with van der Waals surface area (Å²) < 4.78 is 34.0. The Labute approximate surface area is 236 Å². The molecule has 0 saturated carbocycles. The van der Waals surface area contributed by atoms with E-state index in [1.165, 1.54) is 46.6 Å². The molecule has 0 bridgehead atoms. The predicted octanol–water partition coefficient (Wildman–Crippen LogP) is 5.33. The van der Waals surface area contributed by atoms with Gasteiger partial charge in [0.1, 0.15) is 51.0 Å². The van der Waals surface area contributed by atoms with E-state index in [1.807, 2.05) is 0 Å². The molecule has 11 nitrogen and oxygen atoms in total. The average Bonchev–Trinajstić information content (AvgIpc) is 2.95. The van der Waals surface area contributed by atoms with Crippen molar-refractivity contribution in [2.45, 2.75) is 6.92 Å². The molecule has 3 N–H and O–H groups in total. The minimum Gasteiger partial charge on any atom is -0.507 e. The number of hydrogen-bond donors (Lipinski definition) is 3. The number of hydrogen-bond acceptors (Lipinski definition) is 11. The van der Waals surface area contributed by atoms with Crippen LogP contribution in [-0.2, 0) is 0 Å². The summed E-state index contributed by atoms with van der Waals surface area (Å²) in [5, 5.41) is 34.3. The second kappa shape index (κ2) is 9.51. The molecule has 0 amide bonds. The predicted molar refractivity (Wildman–Crippen MR) is 155 cm³/mol. The number of aromatic hydroxyl groups is 3. The van der Waals surface area contributed by atoms with Crippen LogP contribution in [0.2, 0.25) is 0 Å². The fourth-order valence-electron chi connectivity index (χ4n) is 5.49. The summed E-state index contributed by atoms with van der Waals surface area (Å²) in [6.07, 6.45) is 0. The second-order valence-electron chi connectivity index (χ2n) is 9.54. The van der Waals surface area contributed by atoms with E-state index in [9.17, 15) is 24.9 Å². The number of ether oxygens (including phenoxy) is 4.